The molecular formula is C28H34ClN3O2. The van der Waals surface area contributed by atoms with Crippen LogP contribution < -0.4 is 0 Å². The van der Waals surface area contributed by atoms with Crippen LogP contribution in [0.5, 0.6) is 0 Å². The molecule has 1 N–H and O–H groups in total. The highest BCUT2D eigenvalue weighted by molar-refractivity contribution is 6.32. The van der Waals surface area contributed by atoms with E-state index < -0.39 is 5.60 Å². The van der Waals surface area contributed by atoms with E-state index in [1.165, 1.54) is 0 Å². The van der Waals surface area contributed by atoms with Gasteiger partial charge < -0.3 is 10.0 Å². The Morgan fingerprint density at radius 2 is 1.88 bits per heavy atom. The average Bonchev–Trinajstić information content (AvgIpc) is 2.77. The first-order chi connectivity index (χ1) is 15.9. The zero-order valence-corrected chi connectivity index (χ0v) is 21.5. The summed E-state index contributed by atoms with van der Waals surface area (Å²) in [5, 5.41) is 10.7. The highest BCUT2D eigenvalue weighted by Gasteiger charge is 2.30. The number of likely N-dealkylation sites (tertiary alicyclic amines) is 1. The van der Waals surface area contributed by atoms with Crippen molar-refractivity contribution >= 4 is 35.4 Å². The largest absolute Gasteiger partial charge is 0.390 e. The van der Waals surface area contributed by atoms with Crippen molar-refractivity contribution < 1.29 is 9.90 Å². The molecule has 1 aliphatic heterocycles. The number of allylic oxidation sites excluding steroid dienone is 3. The van der Waals surface area contributed by atoms with Crippen molar-refractivity contribution in [3.05, 3.63) is 76.2 Å². The maximum Gasteiger partial charge on any atom is 0.253 e. The van der Waals surface area contributed by atoms with Gasteiger partial charge >= 0.3 is 0 Å². The maximum atomic E-state index is 12.9. The van der Waals surface area contributed by atoms with Crippen LogP contribution in [0.25, 0.3) is 11.1 Å². The van der Waals surface area contributed by atoms with Crippen molar-refractivity contribution in [2.24, 2.45) is 4.99 Å². The minimum Gasteiger partial charge on any atom is -0.390 e. The fourth-order valence-electron chi connectivity index (χ4n) is 3.97. The summed E-state index contributed by atoms with van der Waals surface area (Å²) in [7, 11) is 0. The number of hydrogen-bond acceptors (Lipinski definition) is 4. The van der Waals surface area contributed by atoms with Crippen LogP contribution in [0.3, 0.4) is 0 Å². The van der Waals surface area contributed by atoms with Crippen molar-refractivity contribution in [3.8, 4) is 0 Å². The molecular weight excluding hydrogens is 446 g/mol. The maximum absolute atomic E-state index is 12.9. The van der Waals surface area contributed by atoms with E-state index in [1.54, 1.807) is 17.2 Å². The second-order valence-corrected chi connectivity index (χ2v) is 10.7. The van der Waals surface area contributed by atoms with Gasteiger partial charge in [-0.3, -0.25) is 14.8 Å². The molecule has 0 atom stereocenters. The third-order valence-electron chi connectivity index (χ3n) is 6.23. The summed E-state index contributed by atoms with van der Waals surface area (Å²) in [5.74, 6) is -0.0616. The van der Waals surface area contributed by atoms with Gasteiger partial charge in [-0.05, 0) is 80.4 Å². The summed E-state index contributed by atoms with van der Waals surface area (Å²) in [4.78, 5) is 23.2. The minimum atomic E-state index is -0.700. The molecule has 6 heteroatoms. The van der Waals surface area contributed by atoms with Crippen LogP contribution in [0.15, 0.2) is 53.8 Å². The lowest BCUT2D eigenvalue weighted by Gasteiger charge is -2.35. The Labute approximate surface area is 207 Å². The van der Waals surface area contributed by atoms with Gasteiger partial charge in [-0.15, -0.1) is 0 Å². The Bertz CT molecular complexity index is 1130. The third kappa shape index (κ3) is 6.22. The van der Waals surface area contributed by atoms with Gasteiger partial charge in [-0.25, -0.2) is 0 Å². The number of aliphatic hydroxyl groups is 1. The number of carbonyl (C=O) groups is 1. The molecule has 0 bridgehead atoms. The van der Waals surface area contributed by atoms with Crippen LogP contribution in [-0.4, -0.2) is 46.3 Å². The second-order valence-electron chi connectivity index (χ2n) is 10.3. The highest BCUT2D eigenvalue weighted by atomic mass is 35.5. The second kappa shape index (κ2) is 10.2. The average molecular weight is 480 g/mol. The molecule has 180 valence electrons. The molecule has 2 heterocycles. The van der Waals surface area contributed by atoms with E-state index in [9.17, 15) is 9.90 Å². The molecule has 1 saturated heterocycles. The quantitative estimate of drug-likeness (QED) is 0.412. The summed E-state index contributed by atoms with van der Waals surface area (Å²) in [6.07, 6.45) is 6.70. The molecule has 34 heavy (non-hydrogen) atoms. The lowest BCUT2D eigenvalue weighted by atomic mass is 9.89. The number of aromatic nitrogens is 1. The van der Waals surface area contributed by atoms with Crippen LogP contribution in [-0.2, 0) is 5.41 Å². The summed E-state index contributed by atoms with van der Waals surface area (Å²) < 4.78 is 0. The topological polar surface area (TPSA) is 65.8 Å². The van der Waals surface area contributed by atoms with Crippen molar-refractivity contribution in [3.63, 3.8) is 0 Å². The number of nitrogens with zero attached hydrogens (tertiary/aromatic N) is 3. The van der Waals surface area contributed by atoms with Crippen LogP contribution in [0.1, 0.15) is 74.6 Å². The molecule has 3 rings (SSSR count). The zero-order chi connectivity index (χ0) is 25.1. The number of amides is 1. The first-order valence-corrected chi connectivity index (χ1v) is 11.9. The fourth-order valence-corrected chi connectivity index (χ4v) is 4.30. The molecule has 2 aromatic rings. The Morgan fingerprint density at radius 1 is 1.21 bits per heavy atom. The van der Waals surface area contributed by atoms with E-state index in [-0.39, 0.29) is 11.3 Å². The molecule has 1 amide bonds. The minimum absolute atomic E-state index is 0.0616. The van der Waals surface area contributed by atoms with Gasteiger partial charge in [-0.2, -0.15) is 0 Å². The highest BCUT2D eigenvalue weighted by Crippen LogP contribution is 2.30. The van der Waals surface area contributed by atoms with Gasteiger partial charge in [-0.1, -0.05) is 38.4 Å². The summed E-state index contributed by atoms with van der Waals surface area (Å²) in [6, 6.07) is 9.44. The SMILES string of the molecule is C=N/C=C(\C=C(/C)c1ccc(C(=O)N2CCC(C)(O)CC2)cc1Cl)c1ccnc(C(C)(C)C)c1. The first kappa shape index (κ1) is 25.9. The standard InChI is InChI=1S/C28H34ClN3O2/c1-19(15-22(18-30-6)20-9-12-31-25(17-20)27(2,3)4)23-8-7-21(16-24(23)29)26(33)32-13-10-28(5,34)11-14-32/h7-9,12,15-18,34H,6,10-11,13-14H2,1-5H3/b19-15+,22-18+. The number of benzene rings is 1. The Morgan fingerprint density at radius 3 is 2.47 bits per heavy atom. The molecule has 0 aliphatic carbocycles. The van der Waals surface area contributed by atoms with Crippen LogP contribution in [0.4, 0.5) is 0 Å². The summed E-state index contributed by atoms with van der Waals surface area (Å²) in [5.41, 5.74) is 4.46. The van der Waals surface area contributed by atoms with E-state index >= 15 is 0 Å². The molecule has 1 aliphatic rings. The molecule has 0 unspecified atom stereocenters. The van der Waals surface area contributed by atoms with E-state index in [1.807, 2.05) is 44.3 Å². The monoisotopic (exact) mass is 479 g/mol. The summed E-state index contributed by atoms with van der Waals surface area (Å²) >= 11 is 6.63. The van der Waals surface area contributed by atoms with Crippen molar-refractivity contribution in [2.75, 3.05) is 13.1 Å². The molecule has 0 saturated carbocycles. The predicted molar refractivity (Wildman–Crippen MR) is 141 cm³/mol. The molecule has 0 radical (unpaired) electrons. The number of hydrogen-bond donors (Lipinski definition) is 1. The number of aliphatic imine (C=N–C) groups is 1. The number of rotatable bonds is 5. The number of halogens is 1. The normalized spacial score (nSPS) is 17.0. The van der Waals surface area contributed by atoms with Gasteiger partial charge in [0.2, 0.25) is 0 Å². The number of carbonyl (C=O) groups excluding carboxylic acids is 1. The Hall–Kier alpha value is -2.76. The van der Waals surface area contributed by atoms with Gasteiger partial charge in [0, 0.05) is 52.8 Å². The smallest absolute Gasteiger partial charge is 0.253 e. The van der Waals surface area contributed by atoms with Crippen molar-refractivity contribution in [1.82, 2.24) is 9.88 Å². The van der Waals surface area contributed by atoms with Crippen LogP contribution in [0.2, 0.25) is 5.02 Å². The van der Waals surface area contributed by atoms with Gasteiger partial charge in [0.05, 0.1) is 5.60 Å². The predicted octanol–water partition coefficient (Wildman–Crippen LogP) is 6.16. The molecule has 1 aromatic heterocycles. The van der Waals surface area contributed by atoms with E-state index in [2.05, 4.69) is 43.5 Å². The molecule has 1 aromatic carbocycles. The molecule has 0 spiro atoms. The van der Waals surface area contributed by atoms with E-state index in [0.717, 1.165) is 28.0 Å². The van der Waals surface area contributed by atoms with Gasteiger partial charge in [0.15, 0.2) is 0 Å². The van der Waals surface area contributed by atoms with Crippen molar-refractivity contribution in [2.45, 2.75) is 58.5 Å². The van der Waals surface area contributed by atoms with Crippen LogP contribution in [0, 0.1) is 0 Å². The van der Waals surface area contributed by atoms with Crippen LogP contribution >= 0.6 is 11.6 Å². The molecule has 5 nitrogen and oxygen atoms in total. The molecule has 1 fully saturated rings. The number of piperidine rings is 1. The van der Waals surface area contributed by atoms with E-state index in [0.29, 0.717) is 36.5 Å². The van der Waals surface area contributed by atoms with Gasteiger partial charge in [0.25, 0.3) is 5.91 Å². The lowest BCUT2D eigenvalue weighted by Crippen LogP contribution is -2.45. The lowest BCUT2D eigenvalue weighted by molar-refractivity contribution is -0.00202. The van der Waals surface area contributed by atoms with E-state index in [4.69, 9.17) is 11.6 Å². The summed E-state index contributed by atoms with van der Waals surface area (Å²) in [6.45, 7) is 14.9. The third-order valence-corrected chi connectivity index (χ3v) is 6.55. The number of pyridine rings is 1. The zero-order valence-electron chi connectivity index (χ0n) is 20.7. The van der Waals surface area contributed by atoms with Crippen molar-refractivity contribution in [1.29, 1.82) is 0 Å². The Balaban J connectivity index is 1.86. The van der Waals surface area contributed by atoms with Gasteiger partial charge in [0.1, 0.15) is 0 Å². The Kier molecular flexibility index (Phi) is 7.79. The first-order valence-electron chi connectivity index (χ1n) is 11.5. The fraction of sp³-hybridized carbons (Fsp3) is 0.393.